The van der Waals surface area contributed by atoms with Gasteiger partial charge in [0.1, 0.15) is 10.6 Å². The molecule has 4 aromatic rings. The summed E-state index contributed by atoms with van der Waals surface area (Å²) in [6, 6.07) is 16.9. The van der Waals surface area contributed by atoms with Gasteiger partial charge in [0, 0.05) is 17.8 Å². The van der Waals surface area contributed by atoms with Gasteiger partial charge in [0.2, 0.25) is 0 Å². The molecule has 7 heteroatoms. The Balaban J connectivity index is 1.57. The molecule has 1 aromatic carbocycles. The van der Waals surface area contributed by atoms with Crippen LogP contribution in [0, 0.1) is 11.3 Å². The first-order valence-corrected chi connectivity index (χ1v) is 9.63. The average Bonchev–Trinajstić information content (AvgIpc) is 3.38. The minimum absolute atomic E-state index is 0.205. The zero-order valence-corrected chi connectivity index (χ0v) is 15.7. The molecular formula is C21H17N5OS. The van der Waals surface area contributed by atoms with Crippen LogP contribution in [0.15, 0.2) is 66.3 Å². The number of carbonyl (C=O) groups is 1. The van der Waals surface area contributed by atoms with E-state index in [0.717, 1.165) is 27.3 Å². The molecule has 1 amide bonds. The molecule has 0 aliphatic rings. The maximum Gasteiger partial charge on any atom is 0.254 e. The van der Waals surface area contributed by atoms with Crippen LogP contribution in [0.2, 0.25) is 0 Å². The van der Waals surface area contributed by atoms with Gasteiger partial charge in [-0.05, 0) is 29.1 Å². The second-order valence-corrected chi connectivity index (χ2v) is 7.10. The predicted molar refractivity (Wildman–Crippen MR) is 111 cm³/mol. The second-order valence-electron chi connectivity index (χ2n) is 6.19. The lowest BCUT2D eigenvalue weighted by molar-refractivity contribution is 0.0938. The molecule has 3 N–H and O–H groups in total. The van der Waals surface area contributed by atoms with E-state index in [1.807, 2.05) is 54.0 Å². The fourth-order valence-electron chi connectivity index (χ4n) is 3.04. The third kappa shape index (κ3) is 3.59. The summed E-state index contributed by atoms with van der Waals surface area (Å²) >= 11 is 1.45. The lowest BCUT2D eigenvalue weighted by Crippen LogP contribution is -2.28. The third-order valence-electron chi connectivity index (χ3n) is 4.42. The van der Waals surface area contributed by atoms with E-state index in [4.69, 9.17) is 5.26 Å². The minimum atomic E-state index is -0.358. The van der Waals surface area contributed by atoms with Crippen molar-refractivity contribution in [2.75, 3.05) is 5.32 Å². The molecular weight excluding hydrogens is 370 g/mol. The summed E-state index contributed by atoms with van der Waals surface area (Å²) in [5.41, 5.74) is 3.11. The van der Waals surface area contributed by atoms with E-state index in [9.17, 15) is 4.79 Å². The van der Waals surface area contributed by atoms with Crippen molar-refractivity contribution in [2.24, 2.45) is 0 Å². The number of rotatable bonds is 6. The van der Waals surface area contributed by atoms with Gasteiger partial charge in [-0.3, -0.25) is 4.79 Å². The number of thiophene rings is 1. The van der Waals surface area contributed by atoms with Crippen LogP contribution in [-0.2, 0) is 0 Å². The van der Waals surface area contributed by atoms with Crippen LogP contribution in [0.5, 0.6) is 0 Å². The van der Waals surface area contributed by atoms with Gasteiger partial charge >= 0.3 is 0 Å². The second kappa shape index (κ2) is 7.94. The van der Waals surface area contributed by atoms with Crippen LogP contribution >= 0.6 is 11.3 Å². The molecule has 0 radical (unpaired) electrons. The van der Waals surface area contributed by atoms with Crippen molar-refractivity contribution in [3.8, 4) is 6.07 Å². The van der Waals surface area contributed by atoms with Gasteiger partial charge in [0.15, 0.2) is 0 Å². The lowest BCUT2D eigenvalue weighted by atomic mass is 10.0. The molecule has 28 heavy (non-hydrogen) atoms. The number of hydrogen-bond acceptors (Lipinski definition) is 5. The van der Waals surface area contributed by atoms with Crippen LogP contribution < -0.4 is 10.6 Å². The SMILES string of the molecule is N#CCC(NC(=O)c1ccsc1Nc1ccnc2[nH]ccc12)c1ccccc1. The zero-order valence-electron chi connectivity index (χ0n) is 14.8. The number of nitrogens with zero attached hydrogens (tertiary/aromatic N) is 2. The highest BCUT2D eigenvalue weighted by atomic mass is 32.1. The Hall–Kier alpha value is -3.63. The summed E-state index contributed by atoms with van der Waals surface area (Å²) in [7, 11) is 0. The lowest BCUT2D eigenvalue weighted by Gasteiger charge is -2.17. The number of fused-ring (bicyclic) bond motifs is 1. The van der Waals surface area contributed by atoms with E-state index in [1.54, 1.807) is 12.3 Å². The number of nitrogens with one attached hydrogen (secondary N) is 3. The molecule has 4 rings (SSSR count). The molecule has 0 aliphatic heterocycles. The number of carbonyl (C=O) groups excluding carboxylic acids is 1. The number of pyridine rings is 1. The van der Waals surface area contributed by atoms with E-state index in [-0.39, 0.29) is 18.4 Å². The number of aromatic nitrogens is 2. The zero-order chi connectivity index (χ0) is 19.3. The molecule has 0 spiro atoms. The van der Waals surface area contributed by atoms with Gasteiger partial charge in [-0.25, -0.2) is 4.98 Å². The Morgan fingerprint density at radius 2 is 2.07 bits per heavy atom. The van der Waals surface area contributed by atoms with Gasteiger partial charge in [0.25, 0.3) is 5.91 Å². The van der Waals surface area contributed by atoms with Crippen LogP contribution in [0.3, 0.4) is 0 Å². The Bertz CT molecular complexity index is 1140. The topological polar surface area (TPSA) is 93.6 Å². The standard InChI is InChI=1S/C21H17N5OS/c22-10-6-17(14-4-2-1-3-5-14)25-20(27)16-9-13-28-21(16)26-18-8-12-24-19-15(18)7-11-23-19/h1-5,7-9,11-13,17H,6H2,(H,25,27)(H2,23,24,26). The Labute approximate surface area is 165 Å². The van der Waals surface area contributed by atoms with E-state index in [1.165, 1.54) is 11.3 Å². The Kier molecular flexibility index (Phi) is 5.04. The van der Waals surface area contributed by atoms with E-state index in [0.29, 0.717) is 5.56 Å². The van der Waals surface area contributed by atoms with E-state index in [2.05, 4.69) is 26.7 Å². The van der Waals surface area contributed by atoms with Crippen molar-refractivity contribution in [1.82, 2.24) is 15.3 Å². The third-order valence-corrected chi connectivity index (χ3v) is 5.25. The molecule has 3 heterocycles. The quantitative estimate of drug-likeness (QED) is 0.445. The first-order valence-electron chi connectivity index (χ1n) is 8.75. The molecule has 6 nitrogen and oxygen atoms in total. The van der Waals surface area contributed by atoms with Crippen LogP contribution in [-0.4, -0.2) is 15.9 Å². The first-order chi connectivity index (χ1) is 13.8. The smallest absolute Gasteiger partial charge is 0.254 e. The highest BCUT2D eigenvalue weighted by molar-refractivity contribution is 7.14. The van der Waals surface area contributed by atoms with Gasteiger partial charge < -0.3 is 15.6 Å². The molecule has 0 aliphatic carbocycles. The molecule has 138 valence electrons. The van der Waals surface area contributed by atoms with Crippen molar-refractivity contribution in [1.29, 1.82) is 5.26 Å². The highest BCUT2D eigenvalue weighted by Gasteiger charge is 2.19. The van der Waals surface area contributed by atoms with Gasteiger partial charge in [-0.2, -0.15) is 5.26 Å². The summed E-state index contributed by atoms with van der Waals surface area (Å²) in [5, 5.41) is 19.0. The van der Waals surface area contributed by atoms with Crippen molar-refractivity contribution < 1.29 is 4.79 Å². The maximum absolute atomic E-state index is 12.9. The molecule has 3 aromatic heterocycles. The van der Waals surface area contributed by atoms with Crippen LogP contribution in [0.4, 0.5) is 10.7 Å². The highest BCUT2D eigenvalue weighted by Crippen LogP contribution is 2.31. The van der Waals surface area contributed by atoms with Crippen molar-refractivity contribution in [2.45, 2.75) is 12.5 Å². The first kappa shape index (κ1) is 17.8. The number of hydrogen-bond donors (Lipinski definition) is 3. The summed E-state index contributed by atoms with van der Waals surface area (Å²) in [4.78, 5) is 20.3. The van der Waals surface area contributed by atoms with Crippen molar-refractivity contribution >= 4 is 39.0 Å². The van der Waals surface area contributed by atoms with Gasteiger partial charge in [-0.1, -0.05) is 30.3 Å². The van der Waals surface area contributed by atoms with E-state index < -0.39 is 0 Å². The van der Waals surface area contributed by atoms with Crippen LogP contribution in [0.1, 0.15) is 28.4 Å². The number of benzene rings is 1. The Morgan fingerprint density at radius 3 is 2.89 bits per heavy atom. The molecule has 1 unspecified atom stereocenters. The molecule has 0 saturated carbocycles. The van der Waals surface area contributed by atoms with Gasteiger partial charge in [-0.15, -0.1) is 11.3 Å². The number of amides is 1. The number of H-pyrrole nitrogens is 1. The summed E-state index contributed by atoms with van der Waals surface area (Å²) < 4.78 is 0. The van der Waals surface area contributed by atoms with E-state index >= 15 is 0 Å². The van der Waals surface area contributed by atoms with Gasteiger partial charge in [0.05, 0.1) is 29.8 Å². The molecule has 0 fully saturated rings. The summed E-state index contributed by atoms with van der Waals surface area (Å²) in [6.45, 7) is 0. The predicted octanol–water partition coefficient (Wildman–Crippen LogP) is 4.75. The van der Waals surface area contributed by atoms with Crippen molar-refractivity contribution in [3.05, 3.63) is 77.4 Å². The minimum Gasteiger partial charge on any atom is -0.346 e. The molecule has 1 atom stereocenters. The van der Waals surface area contributed by atoms with Crippen LogP contribution in [0.25, 0.3) is 11.0 Å². The number of aromatic amines is 1. The monoisotopic (exact) mass is 387 g/mol. The maximum atomic E-state index is 12.9. The normalized spacial score (nSPS) is 11.7. The summed E-state index contributed by atoms with van der Waals surface area (Å²) in [6.07, 6.45) is 3.75. The largest absolute Gasteiger partial charge is 0.346 e. The number of anilines is 2. The fraction of sp³-hybridized carbons (Fsp3) is 0.0952. The molecule has 0 saturated heterocycles. The molecule has 0 bridgehead atoms. The average molecular weight is 387 g/mol. The van der Waals surface area contributed by atoms with Crippen molar-refractivity contribution in [3.63, 3.8) is 0 Å². The fourth-order valence-corrected chi connectivity index (χ4v) is 3.84. The number of nitriles is 1. The summed E-state index contributed by atoms with van der Waals surface area (Å²) in [5.74, 6) is -0.216. The Morgan fingerprint density at radius 1 is 1.21 bits per heavy atom.